The molecule has 0 bridgehead atoms. The highest BCUT2D eigenvalue weighted by Gasteiger charge is 2.44. The number of nitrogens with zero attached hydrogens (tertiary/aromatic N) is 5. The van der Waals surface area contributed by atoms with Gasteiger partial charge in [-0.25, -0.2) is 22.4 Å². The minimum absolute atomic E-state index is 0.0161. The lowest BCUT2D eigenvalue weighted by Crippen LogP contribution is -2.58. The maximum atomic E-state index is 15.1. The second kappa shape index (κ2) is 11.4. The first-order chi connectivity index (χ1) is 20.9. The number of carbonyl (C=O) groups is 1. The van der Waals surface area contributed by atoms with Crippen LogP contribution >= 0.6 is 11.6 Å². The standard InChI is InChI=1S/C30H30ClF4N5O4/c1-4-24(41)38-9-17(3)39(10-16(38)2)28-21-8-22(31)25(20-6-5-18(32)7-23(20)33)27-26(21)40(29(42)36-28)19(12-44-27)11-43-15-37-13-30(34,35)14-37/h4-8,16-17,19H,1,9-15H2,2-3H3/t16-,17+,19-/m1/s1. The van der Waals surface area contributed by atoms with E-state index in [1.54, 1.807) is 11.0 Å². The van der Waals surface area contributed by atoms with Crippen molar-refractivity contribution < 1.29 is 31.8 Å². The molecule has 1 amide bonds. The van der Waals surface area contributed by atoms with Gasteiger partial charge in [0.05, 0.1) is 43.0 Å². The molecule has 4 heterocycles. The van der Waals surface area contributed by atoms with E-state index in [-0.39, 0.29) is 59.8 Å². The van der Waals surface area contributed by atoms with Crippen molar-refractivity contribution in [1.29, 1.82) is 0 Å². The minimum atomic E-state index is -2.75. The molecule has 0 saturated carbocycles. The summed E-state index contributed by atoms with van der Waals surface area (Å²) >= 11 is 6.78. The number of hydrogen-bond acceptors (Lipinski definition) is 7. The van der Waals surface area contributed by atoms with Crippen molar-refractivity contribution in [3.8, 4) is 16.9 Å². The molecule has 0 N–H and O–H groups in total. The third-order valence-electron chi connectivity index (χ3n) is 8.29. The Balaban J connectivity index is 1.46. The van der Waals surface area contributed by atoms with E-state index in [1.807, 2.05) is 18.7 Å². The highest BCUT2D eigenvalue weighted by atomic mass is 35.5. The van der Waals surface area contributed by atoms with Gasteiger partial charge in [-0.3, -0.25) is 14.3 Å². The number of amides is 1. The number of hydrogen-bond donors (Lipinski definition) is 0. The molecule has 3 atom stereocenters. The lowest BCUT2D eigenvalue weighted by Gasteiger charge is -2.45. The predicted octanol–water partition coefficient (Wildman–Crippen LogP) is 4.47. The van der Waals surface area contributed by atoms with E-state index < -0.39 is 42.4 Å². The summed E-state index contributed by atoms with van der Waals surface area (Å²) in [6.07, 6.45) is 1.26. The Morgan fingerprint density at radius 3 is 2.64 bits per heavy atom. The highest BCUT2D eigenvalue weighted by molar-refractivity contribution is 6.35. The summed E-state index contributed by atoms with van der Waals surface area (Å²) in [5.74, 6) is -4.15. The van der Waals surface area contributed by atoms with E-state index in [9.17, 15) is 22.8 Å². The number of anilines is 1. The lowest BCUT2D eigenvalue weighted by atomic mass is 9.99. The molecule has 0 aliphatic carbocycles. The van der Waals surface area contributed by atoms with E-state index in [2.05, 4.69) is 11.6 Å². The van der Waals surface area contributed by atoms with Crippen LogP contribution in [0.5, 0.6) is 5.75 Å². The predicted molar refractivity (Wildman–Crippen MR) is 156 cm³/mol. The Morgan fingerprint density at radius 2 is 1.95 bits per heavy atom. The van der Waals surface area contributed by atoms with Crippen LogP contribution in [-0.4, -0.2) is 89.4 Å². The van der Waals surface area contributed by atoms with Crippen LogP contribution in [0.3, 0.4) is 0 Å². The van der Waals surface area contributed by atoms with E-state index in [1.165, 1.54) is 21.6 Å². The summed E-state index contributed by atoms with van der Waals surface area (Å²) in [5.41, 5.74) is -0.203. The molecule has 9 nitrogen and oxygen atoms in total. The van der Waals surface area contributed by atoms with Gasteiger partial charge in [-0.2, -0.15) is 4.98 Å². The molecule has 3 aromatic rings. The SMILES string of the molecule is C=CC(=O)N1C[C@H](C)N(c2nc(=O)n3c4c(c(-c5ccc(F)cc5F)c(Cl)cc24)OC[C@H]3COCN2CC(F)(F)C2)C[C@H]1C. The molecule has 0 radical (unpaired) electrons. The molecular weight excluding hydrogens is 606 g/mol. The zero-order valence-electron chi connectivity index (χ0n) is 24.0. The van der Waals surface area contributed by atoms with Gasteiger partial charge in [0.15, 0.2) is 5.75 Å². The first-order valence-electron chi connectivity index (χ1n) is 14.1. The molecule has 234 valence electrons. The normalized spacial score (nSPS) is 22.9. The maximum Gasteiger partial charge on any atom is 0.350 e. The Labute approximate surface area is 255 Å². The van der Waals surface area contributed by atoms with Crippen molar-refractivity contribution in [2.75, 3.05) is 51.0 Å². The first kappa shape index (κ1) is 30.4. The average molecular weight is 636 g/mol. The number of likely N-dealkylation sites (tertiary alicyclic amines) is 1. The van der Waals surface area contributed by atoms with Crippen molar-refractivity contribution >= 4 is 34.2 Å². The van der Waals surface area contributed by atoms with E-state index >= 15 is 4.39 Å². The lowest BCUT2D eigenvalue weighted by molar-refractivity contribution is -0.164. The highest BCUT2D eigenvalue weighted by Crippen LogP contribution is 2.47. The number of aromatic nitrogens is 2. The van der Waals surface area contributed by atoms with E-state index in [0.717, 1.165) is 12.1 Å². The second-order valence-corrected chi connectivity index (χ2v) is 11.9. The number of rotatable bonds is 7. The maximum absolute atomic E-state index is 15.1. The molecular formula is C30H30ClF4N5O4. The van der Waals surface area contributed by atoms with Gasteiger partial charge >= 0.3 is 5.69 Å². The topological polar surface area (TPSA) is 80.1 Å². The smallest absolute Gasteiger partial charge is 0.350 e. The Morgan fingerprint density at radius 1 is 1.20 bits per heavy atom. The van der Waals surface area contributed by atoms with Crippen molar-refractivity contribution in [1.82, 2.24) is 19.4 Å². The quantitative estimate of drug-likeness (QED) is 0.280. The van der Waals surface area contributed by atoms with E-state index in [4.69, 9.17) is 21.1 Å². The van der Waals surface area contributed by atoms with Gasteiger partial charge in [-0.15, -0.1) is 0 Å². The zero-order chi connectivity index (χ0) is 31.5. The summed E-state index contributed by atoms with van der Waals surface area (Å²) in [6.45, 7) is 7.05. The van der Waals surface area contributed by atoms with Gasteiger partial charge in [0, 0.05) is 47.8 Å². The van der Waals surface area contributed by atoms with Gasteiger partial charge in [0.25, 0.3) is 5.92 Å². The van der Waals surface area contributed by atoms with Crippen molar-refractivity contribution in [2.45, 2.75) is 37.9 Å². The fourth-order valence-electron chi connectivity index (χ4n) is 6.21. The number of alkyl halides is 2. The molecule has 3 aliphatic heterocycles. The molecule has 2 aromatic carbocycles. The minimum Gasteiger partial charge on any atom is -0.488 e. The molecule has 2 fully saturated rings. The number of halogens is 5. The number of ether oxygens (including phenoxy) is 2. The van der Waals surface area contributed by atoms with Gasteiger partial charge in [0.2, 0.25) is 5.91 Å². The second-order valence-electron chi connectivity index (χ2n) is 11.5. The molecule has 1 aromatic heterocycles. The molecule has 2 saturated heterocycles. The van der Waals surface area contributed by atoms with Crippen LogP contribution in [0.1, 0.15) is 19.9 Å². The van der Waals surface area contributed by atoms with Crippen molar-refractivity contribution in [3.63, 3.8) is 0 Å². The number of piperazine rings is 1. The Kier molecular flexibility index (Phi) is 7.83. The number of carbonyl (C=O) groups excluding carboxylic acids is 1. The Bertz CT molecular complexity index is 1710. The Hall–Kier alpha value is -3.68. The summed E-state index contributed by atoms with van der Waals surface area (Å²) in [6, 6.07) is 3.48. The van der Waals surface area contributed by atoms with Crippen LogP contribution in [0.15, 0.2) is 41.7 Å². The largest absolute Gasteiger partial charge is 0.488 e. The summed E-state index contributed by atoms with van der Waals surface area (Å²) < 4.78 is 68.7. The first-order valence-corrected chi connectivity index (χ1v) is 14.5. The molecule has 44 heavy (non-hydrogen) atoms. The summed E-state index contributed by atoms with van der Waals surface area (Å²) in [7, 11) is 0. The van der Waals surface area contributed by atoms with Gasteiger partial charge in [-0.05, 0) is 38.1 Å². The van der Waals surface area contributed by atoms with Crippen LogP contribution in [0, 0.1) is 11.6 Å². The molecule has 3 aliphatic rings. The van der Waals surface area contributed by atoms with Crippen LogP contribution < -0.4 is 15.3 Å². The third kappa shape index (κ3) is 5.30. The van der Waals surface area contributed by atoms with Gasteiger partial charge < -0.3 is 19.3 Å². The fourth-order valence-corrected chi connectivity index (χ4v) is 6.50. The van der Waals surface area contributed by atoms with Crippen LogP contribution in [-0.2, 0) is 9.53 Å². The monoisotopic (exact) mass is 635 g/mol. The third-order valence-corrected chi connectivity index (χ3v) is 8.59. The van der Waals surface area contributed by atoms with Gasteiger partial charge in [-0.1, -0.05) is 18.2 Å². The van der Waals surface area contributed by atoms with E-state index in [0.29, 0.717) is 29.8 Å². The molecule has 14 heteroatoms. The summed E-state index contributed by atoms with van der Waals surface area (Å²) in [4.78, 5) is 35.7. The van der Waals surface area contributed by atoms with Crippen molar-refractivity contribution in [3.05, 3.63) is 64.1 Å². The van der Waals surface area contributed by atoms with Gasteiger partial charge in [0.1, 0.15) is 24.1 Å². The molecule has 0 unspecified atom stereocenters. The molecule has 6 rings (SSSR count). The fraction of sp³-hybridized carbons (Fsp3) is 0.433. The van der Waals surface area contributed by atoms with Crippen LogP contribution in [0.4, 0.5) is 23.4 Å². The summed E-state index contributed by atoms with van der Waals surface area (Å²) in [5, 5.41) is 0.548. The number of benzene rings is 2. The van der Waals surface area contributed by atoms with Crippen LogP contribution in [0.2, 0.25) is 5.02 Å². The van der Waals surface area contributed by atoms with Crippen LogP contribution in [0.25, 0.3) is 22.0 Å². The van der Waals surface area contributed by atoms with Crippen molar-refractivity contribution in [2.24, 2.45) is 0 Å². The molecule has 0 spiro atoms. The zero-order valence-corrected chi connectivity index (χ0v) is 24.8. The average Bonchev–Trinajstić information content (AvgIpc) is 2.95.